The van der Waals surface area contributed by atoms with Crippen LogP contribution in [0.3, 0.4) is 0 Å². The molecule has 17 heavy (non-hydrogen) atoms. The molecule has 0 bridgehead atoms. The molecular formula is C11H9Cl2N3O. The molecule has 1 aromatic heterocycles. The van der Waals surface area contributed by atoms with E-state index in [1.54, 1.807) is 18.2 Å². The van der Waals surface area contributed by atoms with Crippen LogP contribution in [0.4, 0.5) is 0 Å². The zero-order chi connectivity index (χ0) is 12.0. The molecule has 2 N–H and O–H groups in total. The third kappa shape index (κ3) is 1.92. The van der Waals surface area contributed by atoms with Gasteiger partial charge in [-0.25, -0.2) is 0 Å². The molecule has 0 unspecified atom stereocenters. The Bertz CT molecular complexity index is 578. The fourth-order valence-electron chi connectivity index (χ4n) is 1.53. The molecular weight excluding hydrogens is 261 g/mol. The predicted molar refractivity (Wildman–Crippen MR) is 64.9 cm³/mol. The average Bonchev–Trinajstić information content (AvgIpc) is 2.88. The maximum Gasteiger partial charge on any atom is 0.247 e. The van der Waals surface area contributed by atoms with E-state index in [4.69, 9.17) is 33.5 Å². The fraction of sp³-hybridized carbons (Fsp3) is 0.273. The molecule has 3 rings (SSSR count). The van der Waals surface area contributed by atoms with Crippen LogP contribution in [-0.2, 0) is 5.54 Å². The van der Waals surface area contributed by atoms with Gasteiger partial charge in [-0.1, -0.05) is 28.4 Å². The zero-order valence-corrected chi connectivity index (χ0v) is 10.3. The molecule has 6 heteroatoms. The predicted octanol–water partition coefficient (Wildman–Crippen LogP) is 2.99. The average molecular weight is 270 g/mol. The lowest BCUT2D eigenvalue weighted by atomic mass is 10.2. The highest BCUT2D eigenvalue weighted by molar-refractivity contribution is 6.42. The van der Waals surface area contributed by atoms with Gasteiger partial charge in [0, 0.05) is 5.56 Å². The minimum absolute atomic E-state index is 0.415. The first-order valence-electron chi connectivity index (χ1n) is 5.17. The summed E-state index contributed by atoms with van der Waals surface area (Å²) < 4.78 is 5.15. The highest BCUT2D eigenvalue weighted by Crippen LogP contribution is 2.42. The summed E-state index contributed by atoms with van der Waals surface area (Å²) in [7, 11) is 0. The van der Waals surface area contributed by atoms with Crippen LogP contribution in [0.1, 0.15) is 18.7 Å². The molecule has 1 aliphatic carbocycles. The third-order valence-electron chi connectivity index (χ3n) is 2.82. The first-order valence-corrected chi connectivity index (χ1v) is 5.93. The molecule has 1 aliphatic rings. The molecule has 0 spiro atoms. The number of nitrogens with two attached hydrogens (primary N) is 1. The standard InChI is InChI=1S/C11H9Cl2N3O/c12-7-2-1-6(5-8(7)13)9-15-10(17-16-9)11(14)3-4-11/h1-2,5H,3-4,14H2. The Kier molecular flexibility index (Phi) is 2.40. The number of halogens is 2. The fourth-order valence-corrected chi connectivity index (χ4v) is 1.82. The largest absolute Gasteiger partial charge is 0.337 e. The van der Waals surface area contributed by atoms with E-state index in [-0.39, 0.29) is 0 Å². The molecule has 0 aliphatic heterocycles. The van der Waals surface area contributed by atoms with Crippen molar-refractivity contribution in [1.29, 1.82) is 0 Å². The summed E-state index contributed by atoms with van der Waals surface area (Å²) in [4.78, 5) is 4.28. The molecule has 1 aromatic carbocycles. The van der Waals surface area contributed by atoms with E-state index in [0.29, 0.717) is 21.8 Å². The van der Waals surface area contributed by atoms with Crippen molar-refractivity contribution in [1.82, 2.24) is 10.1 Å². The van der Waals surface area contributed by atoms with Gasteiger partial charge in [0.15, 0.2) is 0 Å². The van der Waals surface area contributed by atoms with Gasteiger partial charge in [0.25, 0.3) is 0 Å². The van der Waals surface area contributed by atoms with Crippen molar-refractivity contribution >= 4 is 23.2 Å². The molecule has 0 atom stereocenters. The number of aromatic nitrogens is 2. The van der Waals surface area contributed by atoms with Gasteiger partial charge >= 0.3 is 0 Å². The molecule has 2 aromatic rings. The number of hydrogen-bond acceptors (Lipinski definition) is 4. The lowest BCUT2D eigenvalue weighted by molar-refractivity contribution is 0.348. The highest BCUT2D eigenvalue weighted by atomic mass is 35.5. The van der Waals surface area contributed by atoms with Crippen molar-refractivity contribution in [2.75, 3.05) is 0 Å². The van der Waals surface area contributed by atoms with Crippen LogP contribution >= 0.6 is 23.2 Å². The van der Waals surface area contributed by atoms with E-state index in [0.717, 1.165) is 18.4 Å². The molecule has 4 nitrogen and oxygen atoms in total. The van der Waals surface area contributed by atoms with Gasteiger partial charge in [-0.15, -0.1) is 0 Å². The summed E-state index contributed by atoms with van der Waals surface area (Å²) >= 11 is 11.8. The van der Waals surface area contributed by atoms with Crippen molar-refractivity contribution in [2.45, 2.75) is 18.4 Å². The van der Waals surface area contributed by atoms with Crippen LogP contribution in [-0.4, -0.2) is 10.1 Å². The minimum atomic E-state index is -0.415. The maximum atomic E-state index is 5.97. The lowest BCUT2D eigenvalue weighted by Crippen LogP contribution is -2.18. The van der Waals surface area contributed by atoms with Gasteiger partial charge in [0.05, 0.1) is 15.6 Å². The minimum Gasteiger partial charge on any atom is -0.337 e. The van der Waals surface area contributed by atoms with Gasteiger partial charge in [-0.05, 0) is 31.0 Å². The molecule has 0 saturated heterocycles. The topological polar surface area (TPSA) is 64.9 Å². The van der Waals surface area contributed by atoms with Crippen LogP contribution in [0, 0.1) is 0 Å². The van der Waals surface area contributed by atoms with Gasteiger partial charge in [-0.2, -0.15) is 4.98 Å². The van der Waals surface area contributed by atoms with Crippen LogP contribution < -0.4 is 5.73 Å². The van der Waals surface area contributed by atoms with Crippen LogP contribution in [0.5, 0.6) is 0 Å². The first-order chi connectivity index (χ1) is 8.08. The Balaban J connectivity index is 1.98. The van der Waals surface area contributed by atoms with Gasteiger partial charge in [0.1, 0.15) is 0 Å². The Labute approximate surface area is 108 Å². The maximum absolute atomic E-state index is 5.97. The summed E-state index contributed by atoms with van der Waals surface area (Å²) in [5.41, 5.74) is 6.32. The van der Waals surface area contributed by atoms with E-state index in [1.165, 1.54) is 0 Å². The van der Waals surface area contributed by atoms with Gasteiger partial charge in [-0.3, -0.25) is 0 Å². The molecule has 0 radical (unpaired) electrons. The number of rotatable bonds is 2. The summed E-state index contributed by atoms with van der Waals surface area (Å²) in [5, 5.41) is 4.86. The van der Waals surface area contributed by atoms with Crippen LogP contribution in [0.2, 0.25) is 10.0 Å². The molecule has 1 saturated carbocycles. The smallest absolute Gasteiger partial charge is 0.247 e. The normalized spacial score (nSPS) is 17.1. The van der Waals surface area contributed by atoms with Crippen LogP contribution in [0.25, 0.3) is 11.4 Å². The Morgan fingerprint density at radius 2 is 2.00 bits per heavy atom. The Hall–Kier alpha value is -1.10. The summed E-state index contributed by atoms with van der Waals surface area (Å²) in [6, 6.07) is 5.19. The summed E-state index contributed by atoms with van der Waals surface area (Å²) in [6.45, 7) is 0. The lowest BCUT2D eigenvalue weighted by Gasteiger charge is -1.99. The summed E-state index contributed by atoms with van der Waals surface area (Å²) in [6.07, 6.45) is 1.77. The highest BCUT2D eigenvalue weighted by Gasteiger charge is 2.45. The second-order valence-electron chi connectivity index (χ2n) is 4.21. The van der Waals surface area contributed by atoms with Crippen molar-refractivity contribution in [3.63, 3.8) is 0 Å². The van der Waals surface area contributed by atoms with E-state index < -0.39 is 5.54 Å². The number of nitrogens with zero attached hydrogens (tertiary/aromatic N) is 2. The van der Waals surface area contributed by atoms with E-state index in [9.17, 15) is 0 Å². The zero-order valence-electron chi connectivity index (χ0n) is 8.78. The second-order valence-corrected chi connectivity index (χ2v) is 5.02. The van der Waals surface area contributed by atoms with Crippen molar-refractivity contribution in [2.24, 2.45) is 5.73 Å². The van der Waals surface area contributed by atoms with E-state index in [2.05, 4.69) is 10.1 Å². The van der Waals surface area contributed by atoms with Crippen molar-refractivity contribution in [3.05, 3.63) is 34.1 Å². The number of benzene rings is 1. The van der Waals surface area contributed by atoms with Crippen molar-refractivity contribution < 1.29 is 4.52 Å². The Morgan fingerprint density at radius 1 is 1.24 bits per heavy atom. The van der Waals surface area contributed by atoms with Gasteiger partial charge in [0.2, 0.25) is 11.7 Å². The number of hydrogen-bond donors (Lipinski definition) is 1. The molecule has 0 amide bonds. The SMILES string of the molecule is NC1(c2nc(-c3ccc(Cl)c(Cl)c3)no2)CC1. The molecule has 1 heterocycles. The van der Waals surface area contributed by atoms with Crippen LogP contribution in [0.15, 0.2) is 22.7 Å². The first kappa shape index (κ1) is 11.0. The third-order valence-corrected chi connectivity index (χ3v) is 3.56. The Morgan fingerprint density at radius 3 is 2.65 bits per heavy atom. The van der Waals surface area contributed by atoms with E-state index >= 15 is 0 Å². The monoisotopic (exact) mass is 269 g/mol. The second kappa shape index (κ2) is 3.70. The molecule has 88 valence electrons. The molecule has 1 fully saturated rings. The summed E-state index contributed by atoms with van der Waals surface area (Å²) in [5.74, 6) is 0.967. The van der Waals surface area contributed by atoms with Gasteiger partial charge < -0.3 is 10.3 Å². The van der Waals surface area contributed by atoms with Crippen molar-refractivity contribution in [3.8, 4) is 11.4 Å². The quantitative estimate of drug-likeness (QED) is 0.911. The van der Waals surface area contributed by atoms with E-state index in [1.807, 2.05) is 0 Å².